The molecule has 33 heavy (non-hydrogen) atoms. The van der Waals surface area contributed by atoms with Crippen LogP contribution >= 0.6 is 0 Å². The summed E-state index contributed by atoms with van der Waals surface area (Å²) in [7, 11) is 0. The Bertz CT molecular complexity index is 1170. The first-order chi connectivity index (χ1) is 16.0. The number of hydrogen-bond donors (Lipinski definition) is 1. The molecule has 1 aromatic carbocycles. The first kappa shape index (κ1) is 21.4. The highest BCUT2D eigenvalue weighted by molar-refractivity contribution is 6.26. The summed E-state index contributed by atoms with van der Waals surface area (Å²) in [5.41, 5.74) is 7.44. The third kappa shape index (κ3) is 4.06. The molecule has 0 aromatic heterocycles. The van der Waals surface area contributed by atoms with Gasteiger partial charge in [0.1, 0.15) is 0 Å². The second-order valence-electron chi connectivity index (χ2n) is 9.05. The zero-order chi connectivity index (χ0) is 22.9. The van der Waals surface area contributed by atoms with Crippen LogP contribution in [-0.2, 0) is 11.2 Å². The third-order valence-electron chi connectivity index (χ3n) is 6.49. The molecule has 1 fully saturated rings. The topological polar surface area (TPSA) is 60.3 Å². The number of fused-ring (bicyclic) bond motifs is 2. The van der Waals surface area contributed by atoms with Gasteiger partial charge >= 0.3 is 0 Å². The van der Waals surface area contributed by atoms with Crippen LogP contribution in [0.3, 0.4) is 0 Å². The number of hydrogen-bond acceptors (Lipinski definition) is 5. The van der Waals surface area contributed by atoms with Gasteiger partial charge in [-0.1, -0.05) is 30.4 Å². The van der Waals surface area contributed by atoms with Crippen LogP contribution in [0.5, 0.6) is 0 Å². The van der Waals surface area contributed by atoms with Crippen LogP contribution in [0.15, 0.2) is 75.4 Å². The number of aliphatic imine (C=N–C) groups is 2. The van der Waals surface area contributed by atoms with Gasteiger partial charge in [0.05, 0.1) is 17.0 Å². The Morgan fingerprint density at radius 3 is 2.85 bits per heavy atom. The Morgan fingerprint density at radius 2 is 2.03 bits per heavy atom. The molecule has 1 saturated heterocycles. The molecule has 0 atom stereocenters. The van der Waals surface area contributed by atoms with E-state index in [4.69, 9.17) is 9.98 Å². The van der Waals surface area contributed by atoms with Crippen LogP contribution < -0.4 is 10.2 Å². The zero-order valence-electron chi connectivity index (χ0n) is 19.5. The summed E-state index contributed by atoms with van der Waals surface area (Å²) in [6.07, 6.45) is 9.75. The van der Waals surface area contributed by atoms with Crippen molar-refractivity contribution in [2.24, 2.45) is 9.98 Å². The molecule has 170 valence electrons. The van der Waals surface area contributed by atoms with Gasteiger partial charge < -0.3 is 15.1 Å². The van der Waals surface area contributed by atoms with Gasteiger partial charge in [-0.2, -0.15) is 0 Å². The van der Waals surface area contributed by atoms with Crippen molar-refractivity contribution in [2.45, 2.75) is 39.5 Å². The number of nitrogens with zero attached hydrogens (tertiary/aromatic N) is 4. The van der Waals surface area contributed by atoms with E-state index in [1.807, 2.05) is 32.1 Å². The van der Waals surface area contributed by atoms with Crippen LogP contribution in [0.4, 0.5) is 11.4 Å². The monoisotopic (exact) mass is 441 g/mol. The lowest BCUT2D eigenvalue weighted by Gasteiger charge is -2.41. The lowest BCUT2D eigenvalue weighted by molar-refractivity contribution is -0.115. The van der Waals surface area contributed by atoms with Gasteiger partial charge in [-0.3, -0.25) is 14.8 Å². The van der Waals surface area contributed by atoms with E-state index in [0.29, 0.717) is 5.57 Å². The fourth-order valence-electron chi connectivity index (χ4n) is 5.04. The van der Waals surface area contributed by atoms with Crippen LogP contribution in [0, 0.1) is 0 Å². The highest BCUT2D eigenvalue weighted by Crippen LogP contribution is 2.35. The number of amides is 1. The molecule has 4 heterocycles. The Hall–Kier alpha value is -3.41. The van der Waals surface area contributed by atoms with Gasteiger partial charge in [-0.05, 0) is 63.3 Å². The van der Waals surface area contributed by atoms with Crippen LogP contribution in [0.2, 0.25) is 0 Å². The summed E-state index contributed by atoms with van der Waals surface area (Å²) in [6.45, 7) is 11.9. The lowest BCUT2D eigenvalue weighted by Crippen LogP contribution is -2.52. The maximum absolute atomic E-state index is 13.0. The van der Waals surface area contributed by atoms with Crippen molar-refractivity contribution in [1.29, 1.82) is 0 Å². The average Bonchev–Trinajstić information content (AvgIpc) is 3.12. The molecule has 5 rings (SSSR count). The summed E-state index contributed by atoms with van der Waals surface area (Å²) in [5.74, 6) is 1.01. The number of nitrogens with one attached hydrogen (secondary N) is 1. The lowest BCUT2D eigenvalue weighted by atomic mass is 9.94. The van der Waals surface area contributed by atoms with Crippen molar-refractivity contribution in [3.63, 3.8) is 0 Å². The van der Waals surface area contributed by atoms with Crippen LogP contribution in [0.25, 0.3) is 0 Å². The number of aryl methyl sites for hydroxylation is 1. The highest BCUT2D eigenvalue weighted by Gasteiger charge is 2.31. The first-order valence-electron chi connectivity index (χ1n) is 11.9. The molecule has 4 aliphatic rings. The van der Waals surface area contributed by atoms with Gasteiger partial charge in [0.15, 0.2) is 0 Å². The first-order valence-corrected chi connectivity index (χ1v) is 11.9. The summed E-state index contributed by atoms with van der Waals surface area (Å²) < 4.78 is 0. The van der Waals surface area contributed by atoms with Crippen molar-refractivity contribution < 1.29 is 4.79 Å². The SMILES string of the molecule is C=C(C)C=C1NC(=O)C(C2=Nc3cc(N4CCCN5CCCN=C54)ccc3CC2)=C1C=CC. The molecule has 1 N–H and O–H groups in total. The van der Waals surface area contributed by atoms with Crippen molar-refractivity contribution in [2.75, 3.05) is 31.1 Å². The molecule has 0 spiro atoms. The summed E-state index contributed by atoms with van der Waals surface area (Å²) >= 11 is 0. The molecule has 4 aliphatic heterocycles. The maximum Gasteiger partial charge on any atom is 0.258 e. The molecular formula is C27H31N5O. The molecule has 6 heteroatoms. The third-order valence-corrected chi connectivity index (χ3v) is 6.49. The number of guanidine groups is 1. The number of carbonyl (C=O) groups excluding carboxylic acids is 1. The zero-order valence-corrected chi connectivity index (χ0v) is 19.5. The summed E-state index contributed by atoms with van der Waals surface area (Å²) in [6, 6.07) is 6.55. The molecular weight excluding hydrogens is 410 g/mol. The largest absolute Gasteiger partial charge is 0.342 e. The van der Waals surface area contributed by atoms with E-state index >= 15 is 0 Å². The average molecular weight is 442 g/mol. The fourth-order valence-corrected chi connectivity index (χ4v) is 5.04. The van der Waals surface area contributed by atoms with Gasteiger partial charge in [0.25, 0.3) is 5.91 Å². The van der Waals surface area contributed by atoms with Gasteiger partial charge in [-0.25, -0.2) is 0 Å². The smallest absolute Gasteiger partial charge is 0.258 e. The van der Waals surface area contributed by atoms with Gasteiger partial charge in [0, 0.05) is 43.1 Å². The molecule has 0 saturated carbocycles. The number of rotatable bonds is 4. The van der Waals surface area contributed by atoms with Crippen LogP contribution in [-0.4, -0.2) is 48.7 Å². The van der Waals surface area contributed by atoms with E-state index in [9.17, 15) is 4.79 Å². The Labute approximate surface area is 195 Å². The van der Waals surface area contributed by atoms with Gasteiger partial charge in [-0.15, -0.1) is 0 Å². The molecule has 1 amide bonds. The number of carbonyl (C=O) groups is 1. The number of allylic oxidation sites excluding steroid dienone is 4. The second kappa shape index (κ2) is 8.85. The van der Waals surface area contributed by atoms with E-state index < -0.39 is 0 Å². The Morgan fingerprint density at radius 1 is 1.18 bits per heavy atom. The highest BCUT2D eigenvalue weighted by atomic mass is 16.2. The van der Waals surface area contributed by atoms with E-state index in [1.54, 1.807) is 0 Å². The molecule has 0 unspecified atom stereocenters. The molecule has 1 aromatic rings. The predicted octanol–water partition coefficient (Wildman–Crippen LogP) is 4.44. The Balaban J connectivity index is 1.53. The number of anilines is 1. The minimum Gasteiger partial charge on any atom is -0.342 e. The minimum atomic E-state index is -0.0859. The molecule has 6 nitrogen and oxygen atoms in total. The standard InChI is InChI=1S/C27H31N5O/c1-4-7-21-24(16-18(2)3)30-26(33)25(21)22-11-9-19-8-10-20(17-23(19)29-22)32-15-6-14-31-13-5-12-28-27(31)32/h4,7-8,10,16-17H,2,5-6,9,11-15H2,1,3H3,(H,30,33). The summed E-state index contributed by atoms with van der Waals surface area (Å²) in [4.78, 5) is 27.5. The van der Waals surface area contributed by atoms with E-state index in [0.717, 1.165) is 91.8 Å². The second-order valence-corrected chi connectivity index (χ2v) is 9.05. The van der Waals surface area contributed by atoms with E-state index in [-0.39, 0.29) is 5.91 Å². The van der Waals surface area contributed by atoms with Crippen molar-refractivity contribution in [3.05, 3.63) is 71.0 Å². The van der Waals surface area contributed by atoms with Crippen LogP contribution in [0.1, 0.15) is 38.7 Å². The predicted molar refractivity (Wildman–Crippen MR) is 135 cm³/mol. The van der Waals surface area contributed by atoms with E-state index in [2.05, 4.69) is 39.9 Å². The molecule has 0 bridgehead atoms. The summed E-state index contributed by atoms with van der Waals surface area (Å²) in [5, 5.41) is 3.01. The molecule has 0 aliphatic carbocycles. The fraction of sp³-hybridized carbons (Fsp3) is 0.370. The van der Waals surface area contributed by atoms with Crippen molar-refractivity contribution in [1.82, 2.24) is 10.2 Å². The number of benzene rings is 1. The quantitative estimate of drug-likeness (QED) is 0.752. The normalized spacial score (nSPS) is 21.8. The Kier molecular flexibility index (Phi) is 5.75. The van der Waals surface area contributed by atoms with Crippen molar-refractivity contribution in [3.8, 4) is 0 Å². The maximum atomic E-state index is 13.0. The van der Waals surface area contributed by atoms with E-state index in [1.165, 1.54) is 5.56 Å². The van der Waals surface area contributed by atoms with Gasteiger partial charge in [0.2, 0.25) is 5.96 Å². The molecule has 0 radical (unpaired) electrons. The van der Waals surface area contributed by atoms with Crippen molar-refractivity contribution >= 4 is 29.0 Å². The minimum absolute atomic E-state index is 0.0859.